The average molecular weight is 556 g/mol. The number of hydrogen-bond donors (Lipinski definition) is 1. The average Bonchev–Trinajstić information content (AvgIpc) is 3.20. The number of aromatic nitrogens is 5. The van der Waals surface area contributed by atoms with Gasteiger partial charge in [0.05, 0.1) is 28.0 Å². The molecule has 5 rings (SSSR count). The van der Waals surface area contributed by atoms with E-state index in [1.54, 1.807) is 27.6 Å². The number of carbonyl (C=O) groups excluding carboxylic acids is 1. The number of pyridine rings is 3. The highest BCUT2D eigenvalue weighted by atomic mass is 35.5. The maximum absolute atomic E-state index is 13.6. The van der Waals surface area contributed by atoms with E-state index in [4.69, 9.17) is 11.6 Å². The van der Waals surface area contributed by atoms with Crippen LogP contribution < -0.4 is 15.9 Å². The molecule has 1 aliphatic rings. The van der Waals surface area contributed by atoms with E-state index < -0.39 is 18.0 Å². The number of amides is 1. The SMILES string of the molecule is CN(C)c1ccc(-n2c(=O)n(C[C@H]3CC[C@H](NC(=O)c4cc(Cl)cnc4C(F)F)CC3)c3cccnc32)cn1. The van der Waals surface area contributed by atoms with E-state index in [0.29, 0.717) is 30.7 Å². The summed E-state index contributed by atoms with van der Waals surface area (Å²) in [4.78, 5) is 40.8. The number of hydrogen-bond acceptors (Lipinski definition) is 6. The lowest BCUT2D eigenvalue weighted by atomic mass is 9.85. The number of carbonyl (C=O) groups is 1. The monoisotopic (exact) mass is 555 g/mol. The Labute approximate surface area is 228 Å². The Morgan fingerprint density at radius 2 is 1.90 bits per heavy atom. The van der Waals surface area contributed by atoms with E-state index in [1.807, 2.05) is 37.2 Å². The van der Waals surface area contributed by atoms with Gasteiger partial charge in [-0.25, -0.2) is 28.1 Å². The van der Waals surface area contributed by atoms with Crippen molar-refractivity contribution in [2.45, 2.75) is 44.7 Å². The van der Waals surface area contributed by atoms with E-state index >= 15 is 0 Å². The Hall–Kier alpha value is -3.86. The van der Waals surface area contributed by atoms with E-state index in [9.17, 15) is 18.4 Å². The van der Waals surface area contributed by atoms with Crippen LogP contribution in [0.4, 0.5) is 14.6 Å². The molecular formula is C27H28ClF2N7O2. The molecule has 1 fully saturated rings. The molecule has 1 N–H and O–H groups in total. The second kappa shape index (κ2) is 11.1. The van der Waals surface area contributed by atoms with Crippen LogP contribution in [0.3, 0.4) is 0 Å². The largest absolute Gasteiger partial charge is 0.363 e. The van der Waals surface area contributed by atoms with Gasteiger partial charge in [-0.15, -0.1) is 0 Å². The molecule has 4 heterocycles. The molecular weight excluding hydrogens is 528 g/mol. The zero-order valence-electron chi connectivity index (χ0n) is 21.5. The molecule has 0 aliphatic heterocycles. The van der Waals surface area contributed by atoms with Crippen molar-refractivity contribution in [3.05, 3.63) is 75.7 Å². The molecule has 1 saturated carbocycles. The lowest BCUT2D eigenvalue weighted by Gasteiger charge is -2.29. The first kappa shape index (κ1) is 26.7. The predicted octanol–water partition coefficient (Wildman–Crippen LogP) is 4.62. The summed E-state index contributed by atoms with van der Waals surface area (Å²) in [6.45, 7) is 0.506. The van der Waals surface area contributed by atoms with E-state index in [0.717, 1.165) is 30.4 Å². The Balaban J connectivity index is 1.30. The Bertz CT molecular complexity index is 1540. The maximum Gasteiger partial charge on any atom is 0.335 e. The Kier molecular flexibility index (Phi) is 7.60. The fourth-order valence-electron chi connectivity index (χ4n) is 5.09. The zero-order chi connectivity index (χ0) is 27.7. The van der Waals surface area contributed by atoms with Gasteiger partial charge in [-0.1, -0.05) is 11.6 Å². The fourth-order valence-corrected chi connectivity index (χ4v) is 5.24. The summed E-state index contributed by atoms with van der Waals surface area (Å²) < 4.78 is 30.0. The molecule has 9 nitrogen and oxygen atoms in total. The molecule has 4 aromatic rings. The first-order valence-corrected chi connectivity index (χ1v) is 13.0. The molecule has 0 spiro atoms. The molecule has 12 heteroatoms. The third-order valence-corrected chi connectivity index (χ3v) is 7.31. The molecule has 0 aromatic carbocycles. The zero-order valence-corrected chi connectivity index (χ0v) is 22.3. The highest BCUT2D eigenvalue weighted by Gasteiger charge is 2.27. The smallest absolute Gasteiger partial charge is 0.335 e. The van der Waals surface area contributed by atoms with Gasteiger partial charge in [0.15, 0.2) is 5.65 Å². The first-order valence-electron chi connectivity index (χ1n) is 12.7. The van der Waals surface area contributed by atoms with Crippen LogP contribution in [0.2, 0.25) is 5.02 Å². The number of rotatable bonds is 7. The molecule has 0 radical (unpaired) electrons. The summed E-state index contributed by atoms with van der Waals surface area (Å²) in [5.74, 6) is 0.376. The fraction of sp³-hybridized carbons (Fsp3) is 0.370. The minimum absolute atomic E-state index is 0.122. The van der Waals surface area contributed by atoms with E-state index in [2.05, 4.69) is 20.3 Å². The van der Waals surface area contributed by atoms with Crippen molar-refractivity contribution in [3.8, 4) is 5.69 Å². The van der Waals surface area contributed by atoms with Gasteiger partial charge in [-0.05, 0) is 61.9 Å². The van der Waals surface area contributed by atoms with Crippen molar-refractivity contribution in [1.29, 1.82) is 0 Å². The number of anilines is 1. The van der Waals surface area contributed by atoms with Crippen LogP contribution in [0.15, 0.2) is 53.7 Å². The quantitative estimate of drug-likeness (QED) is 0.357. The number of nitrogens with zero attached hydrogens (tertiary/aromatic N) is 6. The second-order valence-electron chi connectivity index (χ2n) is 9.92. The number of halogens is 3. The Morgan fingerprint density at radius 3 is 2.56 bits per heavy atom. The number of alkyl halides is 2. The molecule has 204 valence electrons. The van der Waals surface area contributed by atoms with Crippen molar-refractivity contribution in [3.63, 3.8) is 0 Å². The minimum Gasteiger partial charge on any atom is -0.363 e. The van der Waals surface area contributed by atoms with Crippen LogP contribution in [-0.4, -0.2) is 50.1 Å². The summed E-state index contributed by atoms with van der Waals surface area (Å²) in [5.41, 5.74) is 0.959. The maximum atomic E-state index is 13.6. The van der Waals surface area contributed by atoms with Crippen molar-refractivity contribution >= 4 is 34.5 Å². The van der Waals surface area contributed by atoms with Crippen molar-refractivity contribution in [2.75, 3.05) is 19.0 Å². The molecule has 39 heavy (non-hydrogen) atoms. The van der Waals surface area contributed by atoms with Gasteiger partial charge < -0.3 is 10.2 Å². The van der Waals surface area contributed by atoms with Gasteiger partial charge in [-0.3, -0.25) is 14.3 Å². The number of imidazole rings is 1. The molecule has 0 unspecified atom stereocenters. The number of nitrogens with one attached hydrogen (secondary N) is 1. The summed E-state index contributed by atoms with van der Waals surface area (Å²) in [6.07, 6.45) is 4.40. The standard InChI is InChI=1S/C27H28ClF2N7O2/c1-35(2)22-10-9-19(14-32-22)37-25-21(4-3-11-31-25)36(27(37)39)15-16-5-7-18(8-6-16)34-26(38)20-12-17(28)13-33-23(20)24(29)30/h3-4,9-14,16,18,24H,5-8,15H2,1-2H3,(H,34,38)/t16-,18-. The van der Waals surface area contributed by atoms with Crippen LogP contribution in [-0.2, 0) is 6.54 Å². The normalized spacial score (nSPS) is 17.5. The summed E-state index contributed by atoms with van der Waals surface area (Å²) in [7, 11) is 3.80. The molecule has 1 aliphatic carbocycles. The van der Waals surface area contributed by atoms with Gasteiger partial charge in [0.2, 0.25) is 0 Å². The lowest BCUT2D eigenvalue weighted by Crippen LogP contribution is -2.39. The van der Waals surface area contributed by atoms with Gasteiger partial charge in [0.1, 0.15) is 11.5 Å². The lowest BCUT2D eigenvalue weighted by molar-refractivity contribution is 0.0904. The van der Waals surface area contributed by atoms with Crippen molar-refractivity contribution in [2.24, 2.45) is 5.92 Å². The molecule has 1 amide bonds. The van der Waals surface area contributed by atoms with E-state index in [1.165, 1.54) is 6.07 Å². The topological polar surface area (TPSA) is 97.9 Å². The van der Waals surface area contributed by atoms with Crippen LogP contribution in [0.1, 0.15) is 48.2 Å². The van der Waals surface area contributed by atoms with Gasteiger partial charge >= 0.3 is 5.69 Å². The molecule has 0 atom stereocenters. The second-order valence-corrected chi connectivity index (χ2v) is 10.4. The van der Waals surface area contributed by atoms with Crippen LogP contribution in [0.5, 0.6) is 0 Å². The van der Waals surface area contributed by atoms with E-state index in [-0.39, 0.29) is 28.2 Å². The van der Waals surface area contributed by atoms with Crippen LogP contribution in [0, 0.1) is 5.92 Å². The molecule has 0 saturated heterocycles. The summed E-state index contributed by atoms with van der Waals surface area (Å²) in [5, 5.41) is 2.98. The van der Waals surface area contributed by atoms with Gasteiger partial charge in [-0.2, -0.15) is 0 Å². The highest BCUT2D eigenvalue weighted by Crippen LogP contribution is 2.28. The van der Waals surface area contributed by atoms with Crippen LogP contribution >= 0.6 is 11.6 Å². The minimum atomic E-state index is -2.88. The Morgan fingerprint density at radius 1 is 1.13 bits per heavy atom. The molecule has 0 bridgehead atoms. The summed E-state index contributed by atoms with van der Waals surface area (Å²) in [6, 6.07) is 8.45. The third kappa shape index (κ3) is 5.49. The van der Waals surface area contributed by atoms with Crippen molar-refractivity contribution < 1.29 is 13.6 Å². The molecule has 4 aromatic heterocycles. The first-order chi connectivity index (χ1) is 18.7. The van der Waals surface area contributed by atoms with Crippen LogP contribution in [0.25, 0.3) is 16.9 Å². The van der Waals surface area contributed by atoms with Crippen molar-refractivity contribution in [1.82, 2.24) is 29.4 Å². The third-order valence-electron chi connectivity index (χ3n) is 7.10. The van der Waals surface area contributed by atoms with Gasteiger partial charge in [0.25, 0.3) is 12.3 Å². The highest BCUT2D eigenvalue weighted by molar-refractivity contribution is 6.30. The summed E-state index contributed by atoms with van der Waals surface area (Å²) >= 11 is 5.89. The number of fused-ring (bicyclic) bond motifs is 1. The van der Waals surface area contributed by atoms with Gasteiger partial charge in [0, 0.05) is 39.1 Å². The predicted molar refractivity (Wildman–Crippen MR) is 145 cm³/mol.